The van der Waals surface area contributed by atoms with Gasteiger partial charge in [-0.05, 0) is 31.6 Å². The average molecular weight is 234 g/mol. The zero-order chi connectivity index (χ0) is 12.5. The van der Waals surface area contributed by atoms with Gasteiger partial charge in [-0.3, -0.25) is 4.79 Å². The van der Waals surface area contributed by atoms with Crippen LogP contribution in [0.1, 0.15) is 52.4 Å². The van der Waals surface area contributed by atoms with E-state index in [0.717, 1.165) is 45.1 Å². The predicted molar refractivity (Wildman–Crippen MR) is 66.1 cm³/mol. The second-order valence-electron chi connectivity index (χ2n) is 5.98. The minimum atomic E-state index is -0.683. The number of carbonyl (C=O) groups excluding carboxylic acids is 1. The Hall–Kier alpha value is -1.04. The Kier molecular flexibility index (Phi) is 3.42. The minimum absolute atomic E-state index is 0.119. The highest BCUT2D eigenvalue weighted by atomic mass is 16.2. The molecule has 0 heterocycles. The Bertz CT molecular complexity index is 333. The van der Waals surface area contributed by atoms with Crippen molar-refractivity contribution in [1.82, 2.24) is 4.90 Å². The molecule has 0 aliphatic heterocycles. The van der Waals surface area contributed by atoms with Crippen molar-refractivity contribution in [2.75, 3.05) is 6.54 Å². The first-order chi connectivity index (χ1) is 8.09. The first kappa shape index (κ1) is 12.4. The molecule has 3 heteroatoms. The molecule has 0 unspecified atom stereocenters. The average Bonchev–Trinajstić information content (AvgIpc) is 3.02. The third kappa shape index (κ3) is 2.46. The molecule has 94 valence electrons. The molecule has 0 aromatic carbocycles. The third-order valence-corrected chi connectivity index (χ3v) is 3.89. The van der Waals surface area contributed by atoms with E-state index in [9.17, 15) is 10.1 Å². The number of carbonyl (C=O) groups is 1. The minimum Gasteiger partial charge on any atom is -0.338 e. The molecule has 0 bridgehead atoms. The lowest BCUT2D eigenvalue weighted by Gasteiger charge is -2.31. The van der Waals surface area contributed by atoms with Gasteiger partial charge < -0.3 is 4.90 Å². The molecular formula is C14H22N2O. The molecule has 0 N–H and O–H groups in total. The van der Waals surface area contributed by atoms with E-state index in [0.29, 0.717) is 12.0 Å². The summed E-state index contributed by atoms with van der Waals surface area (Å²) >= 11 is 0. The second-order valence-corrected chi connectivity index (χ2v) is 5.98. The lowest BCUT2D eigenvalue weighted by atomic mass is 9.86. The number of hydrogen-bond donors (Lipinski definition) is 0. The highest BCUT2D eigenvalue weighted by Gasteiger charge is 2.47. The summed E-state index contributed by atoms with van der Waals surface area (Å²) in [5.74, 6) is 0.602. The molecule has 0 radical (unpaired) electrons. The predicted octanol–water partition coefficient (Wildman–Crippen LogP) is 2.72. The molecule has 2 aliphatic carbocycles. The molecule has 0 spiro atoms. The fraction of sp³-hybridized carbons (Fsp3) is 0.857. The maximum atomic E-state index is 12.6. The van der Waals surface area contributed by atoms with Gasteiger partial charge in [0.15, 0.2) is 0 Å². The van der Waals surface area contributed by atoms with Crippen LogP contribution in [0.3, 0.4) is 0 Å². The van der Waals surface area contributed by atoms with E-state index >= 15 is 0 Å². The van der Waals surface area contributed by atoms with E-state index in [1.54, 1.807) is 0 Å². The van der Waals surface area contributed by atoms with Crippen molar-refractivity contribution in [3.05, 3.63) is 0 Å². The van der Waals surface area contributed by atoms with Crippen molar-refractivity contribution in [2.24, 2.45) is 11.3 Å². The molecule has 1 amide bonds. The molecule has 0 atom stereocenters. The summed E-state index contributed by atoms with van der Waals surface area (Å²) in [5.41, 5.74) is -0.683. The summed E-state index contributed by atoms with van der Waals surface area (Å²) < 4.78 is 0. The van der Waals surface area contributed by atoms with Crippen LogP contribution in [0.5, 0.6) is 0 Å². The SMILES string of the molecule is CC(C)CN(C(=O)C1(C#N)CCCC1)C1CC1. The second kappa shape index (κ2) is 4.68. The molecular weight excluding hydrogens is 212 g/mol. The van der Waals surface area contributed by atoms with E-state index in [4.69, 9.17) is 0 Å². The van der Waals surface area contributed by atoms with Crippen LogP contribution in [0, 0.1) is 22.7 Å². The standard InChI is InChI=1S/C14H22N2O/c1-11(2)9-16(12-5-6-12)13(17)14(10-15)7-3-4-8-14/h11-12H,3-9H2,1-2H3. The zero-order valence-electron chi connectivity index (χ0n) is 10.9. The highest BCUT2D eigenvalue weighted by molar-refractivity contribution is 5.86. The normalized spacial score (nSPS) is 22.5. The lowest BCUT2D eigenvalue weighted by Crippen LogP contribution is -2.44. The van der Waals surface area contributed by atoms with Gasteiger partial charge in [-0.1, -0.05) is 26.7 Å². The Balaban J connectivity index is 2.12. The topological polar surface area (TPSA) is 44.1 Å². The highest BCUT2D eigenvalue weighted by Crippen LogP contribution is 2.41. The van der Waals surface area contributed by atoms with E-state index in [2.05, 4.69) is 19.9 Å². The van der Waals surface area contributed by atoms with Gasteiger partial charge in [0.2, 0.25) is 5.91 Å². The maximum Gasteiger partial charge on any atom is 0.243 e. The summed E-state index contributed by atoms with van der Waals surface area (Å²) in [6, 6.07) is 2.75. The molecule has 17 heavy (non-hydrogen) atoms. The Labute approximate surface area is 104 Å². The number of rotatable bonds is 4. The van der Waals surface area contributed by atoms with Crippen LogP contribution in [-0.2, 0) is 4.79 Å². The number of nitrogens with zero attached hydrogens (tertiary/aromatic N) is 2. The van der Waals surface area contributed by atoms with Gasteiger partial charge in [0.1, 0.15) is 5.41 Å². The van der Waals surface area contributed by atoms with Crippen LogP contribution in [0.4, 0.5) is 0 Å². The van der Waals surface area contributed by atoms with Crippen molar-refractivity contribution in [2.45, 2.75) is 58.4 Å². The van der Waals surface area contributed by atoms with Gasteiger partial charge in [-0.25, -0.2) is 0 Å². The molecule has 2 fully saturated rings. The van der Waals surface area contributed by atoms with Crippen molar-refractivity contribution in [3.63, 3.8) is 0 Å². The van der Waals surface area contributed by atoms with Crippen molar-refractivity contribution < 1.29 is 4.79 Å². The van der Waals surface area contributed by atoms with Crippen molar-refractivity contribution in [1.29, 1.82) is 5.26 Å². The monoisotopic (exact) mass is 234 g/mol. The third-order valence-electron chi connectivity index (χ3n) is 3.89. The Morgan fingerprint density at radius 1 is 1.41 bits per heavy atom. The van der Waals surface area contributed by atoms with Crippen LogP contribution in [-0.4, -0.2) is 23.4 Å². The molecule has 0 aromatic rings. The van der Waals surface area contributed by atoms with Gasteiger partial charge in [-0.2, -0.15) is 5.26 Å². The van der Waals surface area contributed by atoms with Gasteiger partial charge in [0.25, 0.3) is 0 Å². The molecule has 0 aromatic heterocycles. The van der Waals surface area contributed by atoms with Crippen LogP contribution in [0.15, 0.2) is 0 Å². The summed E-state index contributed by atoms with van der Waals surface area (Å²) in [5, 5.41) is 9.37. The lowest BCUT2D eigenvalue weighted by molar-refractivity contribution is -0.140. The molecule has 0 saturated heterocycles. The number of nitriles is 1. The van der Waals surface area contributed by atoms with Crippen LogP contribution < -0.4 is 0 Å². The summed E-state index contributed by atoms with van der Waals surface area (Å²) in [7, 11) is 0. The van der Waals surface area contributed by atoms with Crippen LogP contribution in [0.2, 0.25) is 0 Å². The van der Waals surface area contributed by atoms with E-state index in [-0.39, 0.29) is 5.91 Å². The summed E-state index contributed by atoms with van der Waals surface area (Å²) in [6.07, 6.45) is 5.84. The first-order valence-corrected chi connectivity index (χ1v) is 6.81. The van der Waals surface area contributed by atoms with Crippen molar-refractivity contribution >= 4 is 5.91 Å². The number of hydrogen-bond acceptors (Lipinski definition) is 2. The summed E-state index contributed by atoms with van der Waals surface area (Å²) in [4.78, 5) is 14.6. The van der Waals surface area contributed by atoms with E-state index in [1.807, 2.05) is 4.90 Å². The summed E-state index contributed by atoms with van der Waals surface area (Å²) in [6.45, 7) is 5.08. The molecule has 3 nitrogen and oxygen atoms in total. The fourth-order valence-corrected chi connectivity index (χ4v) is 2.80. The smallest absolute Gasteiger partial charge is 0.243 e. The van der Waals surface area contributed by atoms with Gasteiger partial charge in [-0.15, -0.1) is 0 Å². The van der Waals surface area contributed by atoms with Gasteiger partial charge in [0.05, 0.1) is 6.07 Å². The van der Waals surface area contributed by atoms with Crippen LogP contribution in [0.25, 0.3) is 0 Å². The maximum absolute atomic E-state index is 12.6. The van der Waals surface area contributed by atoms with E-state index < -0.39 is 5.41 Å². The van der Waals surface area contributed by atoms with Gasteiger partial charge >= 0.3 is 0 Å². The van der Waals surface area contributed by atoms with Gasteiger partial charge in [0, 0.05) is 12.6 Å². The number of amides is 1. The quantitative estimate of drug-likeness (QED) is 0.750. The molecule has 2 saturated carbocycles. The zero-order valence-corrected chi connectivity index (χ0v) is 10.9. The molecule has 2 rings (SSSR count). The Morgan fingerprint density at radius 3 is 2.41 bits per heavy atom. The van der Waals surface area contributed by atoms with Crippen LogP contribution >= 0.6 is 0 Å². The van der Waals surface area contributed by atoms with Crippen molar-refractivity contribution in [3.8, 4) is 6.07 Å². The fourth-order valence-electron chi connectivity index (χ4n) is 2.80. The Morgan fingerprint density at radius 2 is 2.00 bits per heavy atom. The first-order valence-electron chi connectivity index (χ1n) is 6.81. The molecule has 2 aliphatic rings. The largest absolute Gasteiger partial charge is 0.338 e. The van der Waals surface area contributed by atoms with E-state index in [1.165, 1.54) is 0 Å².